The molecule has 1 aliphatic rings. The molecule has 1 aromatic carbocycles. The van der Waals surface area contributed by atoms with Gasteiger partial charge in [0, 0.05) is 19.6 Å². The van der Waals surface area contributed by atoms with E-state index >= 15 is 0 Å². The summed E-state index contributed by atoms with van der Waals surface area (Å²) in [6.45, 7) is 5.89. The summed E-state index contributed by atoms with van der Waals surface area (Å²) >= 11 is 1.19. The van der Waals surface area contributed by atoms with Crippen molar-refractivity contribution in [1.82, 2.24) is 19.8 Å². The standard InChI is InChI=1S/C18H24N4OS/c1-2-16-17(24-21-20-16)18(23)19-11-15-9-6-10-22(13-15)12-14-7-4-3-5-8-14/h3-5,7-8,15H,2,6,9-13H2,1H3,(H,19,23)/t15-/m0/s1. The third kappa shape index (κ3) is 4.39. The molecule has 1 N–H and O–H groups in total. The fraction of sp³-hybridized carbons (Fsp3) is 0.500. The van der Waals surface area contributed by atoms with Crippen molar-refractivity contribution < 1.29 is 4.79 Å². The van der Waals surface area contributed by atoms with Gasteiger partial charge in [0.2, 0.25) is 0 Å². The highest BCUT2D eigenvalue weighted by molar-refractivity contribution is 7.08. The lowest BCUT2D eigenvalue weighted by atomic mass is 9.97. The highest BCUT2D eigenvalue weighted by atomic mass is 32.1. The number of hydrogen-bond donors (Lipinski definition) is 1. The zero-order chi connectivity index (χ0) is 16.8. The van der Waals surface area contributed by atoms with Gasteiger partial charge in [-0.25, -0.2) is 0 Å². The van der Waals surface area contributed by atoms with Gasteiger partial charge in [-0.05, 0) is 48.8 Å². The van der Waals surface area contributed by atoms with E-state index in [-0.39, 0.29) is 5.91 Å². The smallest absolute Gasteiger partial charge is 0.264 e. The Bertz CT molecular complexity index is 658. The van der Waals surface area contributed by atoms with Gasteiger partial charge in [0.15, 0.2) is 0 Å². The molecule has 2 heterocycles. The number of piperidine rings is 1. The Morgan fingerprint density at radius 2 is 2.21 bits per heavy atom. The van der Waals surface area contributed by atoms with Crippen LogP contribution in [0, 0.1) is 5.92 Å². The molecule has 1 amide bonds. The molecule has 0 bridgehead atoms. The van der Waals surface area contributed by atoms with Crippen molar-refractivity contribution in [3.63, 3.8) is 0 Å². The van der Waals surface area contributed by atoms with Gasteiger partial charge in [0.25, 0.3) is 5.91 Å². The highest BCUT2D eigenvalue weighted by Crippen LogP contribution is 2.18. The van der Waals surface area contributed by atoms with Gasteiger partial charge in [-0.1, -0.05) is 41.7 Å². The van der Waals surface area contributed by atoms with Crippen LogP contribution >= 0.6 is 11.5 Å². The Morgan fingerprint density at radius 3 is 3.00 bits per heavy atom. The van der Waals surface area contributed by atoms with E-state index in [0.29, 0.717) is 10.8 Å². The van der Waals surface area contributed by atoms with Crippen LogP contribution in [-0.2, 0) is 13.0 Å². The first-order valence-corrected chi connectivity index (χ1v) is 9.39. The Labute approximate surface area is 147 Å². The molecule has 1 atom stereocenters. The minimum atomic E-state index is -0.0259. The van der Waals surface area contributed by atoms with E-state index in [1.54, 1.807) is 0 Å². The normalized spacial score (nSPS) is 18.5. The largest absolute Gasteiger partial charge is 0.351 e. The summed E-state index contributed by atoms with van der Waals surface area (Å²) in [5.41, 5.74) is 2.15. The molecule has 128 valence electrons. The zero-order valence-electron chi connectivity index (χ0n) is 14.1. The highest BCUT2D eigenvalue weighted by Gasteiger charge is 2.22. The number of aryl methyl sites for hydroxylation is 1. The molecular formula is C18H24N4OS. The molecule has 2 aromatic rings. The molecule has 1 saturated heterocycles. The van der Waals surface area contributed by atoms with Crippen LogP contribution < -0.4 is 5.32 Å². The van der Waals surface area contributed by atoms with Crippen molar-refractivity contribution in [2.24, 2.45) is 5.92 Å². The molecular weight excluding hydrogens is 320 g/mol. The minimum Gasteiger partial charge on any atom is -0.351 e. The molecule has 1 aromatic heterocycles. The number of rotatable bonds is 6. The number of nitrogens with one attached hydrogen (secondary N) is 1. The number of nitrogens with zero attached hydrogens (tertiary/aromatic N) is 3. The van der Waals surface area contributed by atoms with E-state index in [4.69, 9.17) is 0 Å². The van der Waals surface area contributed by atoms with E-state index in [1.165, 1.54) is 29.9 Å². The molecule has 6 heteroatoms. The fourth-order valence-electron chi connectivity index (χ4n) is 3.23. The second-order valence-corrected chi connectivity index (χ2v) is 7.10. The Hall–Kier alpha value is -1.79. The van der Waals surface area contributed by atoms with Crippen LogP contribution in [0.4, 0.5) is 0 Å². The first kappa shape index (κ1) is 17.0. The zero-order valence-corrected chi connectivity index (χ0v) is 14.9. The first-order chi connectivity index (χ1) is 11.8. The maximum absolute atomic E-state index is 12.3. The molecule has 1 fully saturated rings. The molecule has 5 nitrogen and oxygen atoms in total. The lowest BCUT2D eigenvalue weighted by molar-refractivity contribution is 0.0933. The number of carbonyl (C=O) groups excluding carboxylic acids is 1. The van der Waals surface area contributed by atoms with Crippen LogP contribution in [0.5, 0.6) is 0 Å². The van der Waals surface area contributed by atoms with E-state index in [2.05, 4.69) is 50.1 Å². The number of aromatic nitrogens is 2. The van der Waals surface area contributed by atoms with Crippen molar-refractivity contribution in [3.05, 3.63) is 46.5 Å². The first-order valence-electron chi connectivity index (χ1n) is 8.62. The molecule has 24 heavy (non-hydrogen) atoms. The van der Waals surface area contributed by atoms with Crippen molar-refractivity contribution in [3.8, 4) is 0 Å². The van der Waals surface area contributed by atoms with Crippen LogP contribution in [0.2, 0.25) is 0 Å². The summed E-state index contributed by atoms with van der Waals surface area (Å²) in [6, 6.07) is 10.6. The number of likely N-dealkylation sites (tertiary alicyclic amines) is 1. The lowest BCUT2D eigenvalue weighted by Crippen LogP contribution is -2.40. The van der Waals surface area contributed by atoms with E-state index in [1.807, 2.05) is 6.92 Å². The Morgan fingerprint density at radius 1 is 1.38 bits per heavy atom. The predicted octanol–water partition coefficient (Wildman–Crippen LogP) is 2.74. The number of benzene rings is 1. The maximum Gasteiger partial charge on any atom is 0.264 e. The molecule has 1 aliphatic heterocycles. The molecule has 0 saturated carbocycles. The maximum atomic E-state index is 12.3. The topological polar surface area (TPSA) is 58.1 Å². The van der Waals surface area contributed by atoms with E-state index in [9.17, 15) is 4.79 Å². The summed E-state index contributed by atoms with van der Waals surface area (Å²) in [7, 11) is 0. The van der Waals surface area contributed by atoms with E-state index < -0.39 is 0 Å². The SMILES string of the molecule is CCc1nnsc1C(=O)NC[C@@H]1CCCN(Cc2ccccc2)C1. The third-order valence-corrected chi connectivity index (χ3v) is 5.27. The summed E-state index contributed by atoms with van der Waals surface area (Å²) < 4.78 is 3.89. The second-order valence-electron chi connectivity index (χ2n) is 6.34. The number of amides is 1. The lowest BCUT2D eigenvalue weighted by Gasteiger charge is -2.32. The van der Waals surface area contributed by atoms with Crippen LogP contribution in [0.1, 0.15) is 40.7 Å². The van der Waals surface area contributed by atoms with Crippen LogP contribution in [0.25, 0.3) is 0 Å². The average Bonchev–Trinajstić information content (AvgIpc) is 3.10. The van der Waals surface area contributed by atoms with Crippen LogP contribution in [0.15, 0.2) is 30.3 Å². The van der Waals surface area contributed by atoms with Crippen molar-refractivity contribution in [2.45, 2.75) is 32.7 Å². The number of hydrogen-bond acceptors (Lipinski definition) is 5. The Kier molecular flexibility index (Phi) is 5.93. The second kappa shape index (κ2) is 8.35. The van der Waals surface area contributed by atoms with Gasteiger partial charge in [-0.3, -0.25) is 9.69 Å². The van der Waals surface area contributed by atoms with Gasteiger partial charge in [-0.2, -0.15) is 0 Å². The Balaban J connectivity index is 1.49. The quantitative estimate of drug-likeness (QED) is 0.875. The molecule has 0 radical (unpaired) electrons. The summed E-state index contributed by atoms with van der Waals surface area (Å²) in [5, 5.41) is 7.09. The van der Waals surface area contributed by atoms with Crippen LogP contribution in [-0.4, -0.2) is 40.0 Å². The van der Waals surface area contributed by atoms with Gasteiger partial charge in [0.05, 0.1) is 5.69 Å². The van der Waals surface area contributed by atoms with Gasteiger partial charge in [0.1, 0.15) is 4.88 Å². The molecule has 0 spiro atoms. The summed E-state index contributed by atoms with van der Waals surface area (Å²) in [4.78, 5) is 15.5. The van der Waals surface area contributed by atoms with Gasteiger partial charge >= 0.3 is 0 Å². The van der Waals surface area contributed by atoms with Gasteiger partial charge < -0.3 is 5.32 Å². The molecule has 0 aliphatic carbocycles. The molecule has 0 unspecified atom stereocenters. The van der Waals surface area contributed by atoms with E-state index in [0.717, 1.165) is 38.3 Å². The van der Waals surface area contributed by atoms with Crippen molar-refractivity contribution in [1.29, 1.82) is 0 Å². The summed E-state index contributed by atoms with van der Waals surface area (Å²) in [6.07, 6.45) is 3.11. The fourth-order valence-corrected chi connectivity index (χ4v) is 3.90. The van der Waals surface area contributed by atoms with Crippen LogP contribution in [0.3, 0.4) is 0 Å². The minimum absolute atomic E-state index is 0.0259. The average molecular weight is 344 g/mol. The molecule has 3 rings (SSSR count). The van der Waals surface area contributed by atoms with Gasteiger partial charge in [-0.15, -0.1) is 5.10 Å². The third-order valence-electron chi connectivity index (χ3n) is 4.50. The van der Waals surface area contributed by atoms with Crippen molar-refractivity contribution in [2.75, 3.05) is 19.6 Å². The van der Waals surface area contributed by atoms with Crippen molar-refractivity contribution >= 4 is 17.4 Å². The summed E-state index contributed by atoms with van der Waals surface area (Å²) in [5.74, 6) is 0.486. The predicted molar refractivity (Wildman–Crippen MR) is 96.1 cm³/mol. The monoisotopic (exact) mass is 344 g/mol. The number of carbonyl (C=O) groups is 1.